The Morgan fingerprint density at radius 1 is 1.14 bits per heavy atom. The maximum absolute atomic E-state index is 14.0. The highest BCUT2D eigenvalue weighted by Crippen LogP contribution is 2.36. The summed E-state index contributed by atoms with van der Waals surface area (Å²) in [5, 5.41) is 9.79. The molecule has 7 heteroatoms. The molecule has 28 heavy (non-hydrogen) atoms. The Bertz CT molecular complexity index is 1150. The lowest BCUT2D eigenvalue weighted by atomic mass is 10.1. The van der Waals surface area contributed by atoms with Crippen molar-refractivity contribution in [1.82, 2.24) is 4.98 Å². The molecule has 0 spiro atoms. The number of furan rings is 1. The number of aromatic nitrogens is 1. The summed E-state index contributed by atoms with van der Waals surface area (Å²) in [5.74, 6) is -0.452. The van der Waals surface area contributed by atoms with E-state index in [0.717, 1.165) is 15.2 Å². The molecule has 2 aromatic heterocycles. The van der Waals surface area contributed by atoms with Crippen LogP contribution in [0.15, 0.2) is 65.1 Å². The molecule has 0 aliphatic rings. The van der Waals surface area contributed by atoms with E-state index in [2.05, 4.69) is 4.98 Å². The van der Waals surface area contributed by atoms with Gasteiger partial charge in [0, 0.05) is 4.91 Å². The molecule has 2 heterocycles. The second-order valence-electron chi connectivity index (χ2n) is 5.86. The highest BCUT2D eigenvalue weighted by molar-refractivity contribution is 8.09. The molecule has 4 aromatic rings. The Balaban J connectivity index is 1.71. The fraction of sp³-hybridized carbons (Fsp3) is 0.0476. The summed E-state index contributed by atoms with van der Waals surface area (Å²) in [6.07, 6.45) is 1.75. The second-order valence-corrected chi connectivity index (χ2v) is 7.91. The molecular weight excluding hydrogens is 397 g/mol. The van der Waals surface area contributed by atoms with Crippen LogP contribution in [0.2, 0.25) is 0 Å². The SMILES string of the molecule is O=C(O)CS/C(=C\c1ccc(-c2ccccc2F)o1)c1nc2ccccc2s1. The summed E-state index contributed by atoms with van der Waals surface area (Å²) in [7, 11) is 0. The summed E-state index contributed by atoms with van der Waals surface area (Å²) in [5.41, 5.74) is 1.23. The molecule has 0 amide bonds. The van der Waals surface area contributed by atoms with Crippen LogP contribution in [-0.4, -0.2) is 21.8 Å². The lowest BCUT2D eigenvalue weighted by Crippen LogP contribution is -1.97. The van der Waals surface area contributed by atoms with Crippen LogP contribution in [0.3, 0.4) is 0 Å². The van der Waals surface area contributed by atoms with E-state index in [0.29, 0.717) is 22.0 Å². The van der Waals surface area contributed by atoms with Crippen LogP contribution in [0.5, 0.6) is 0 Å². The molecule has 4 nitrogen and oxygen atoms in total. The van der Waals surface area contributed by atoms with Gasteiger partial charge in [-0.25, -0.2) is 9.37 Å². The van der Waals surface area contributed by atoms with Crippen molar-refractivity contribution in [2.75, 3.05) is 5.75 Å². The Labute approximate surface area is 168 Å². The molecule has 0 saturated carbocycles. The summed E-state index contributed by atoms with van der Waals surface area (Å²) >= 11 is 2.66. The topological polar surface area (TPSA) is 63.3 Å². The number of thioether (sulfide) groups is 1. The second kappa shape index (κ2) is 8.00. The normalized spacial score (nSPS) is 11.8. The van der Waals surface area contributed by atoms with Crippen molar-refractivity contribution in [2.45, 2.75) is 0 Å². The quantitative estimate of drug-likeness (QED) is 0.421. The predicted molar refractivity (Wildman–Crippen MR) is 112 cm³/mol. The fourth-order valence-corrected chi connectivity index (χ4v) is 4.47. The van der Waals surface area contributed by atoms with Crippen LogP contribution >= 0.6 is 23.1 Å². The number of fused-ring (bicyclic) bond motifs is 1. The standard InChI is InChI=1S/C21H14FNO3S2/c22-15-6-2-1-5-14(15)17-10-9-13(26-17)11-19(27-12-20(24)25)21-23-16-7-3-4-8-18(16)28-21/h1-11H,12H2,(H,24,25)/b19-11-. The van der Waals surface area contributed by atoms with E-state index in [9.17, 15) is 9.18 Å². The third-order valence-electron chi connectivity index (χ3n) is 3.90. The molecule has 0 fully saturated rings. The van der Waals surface area contributed by atoms with Gasteiger partial charge in [-0.3, -0.25) is 4.79 Å². The summed E-state index contributed by atoms with van der Waals surface area (Å²) in [4.78, 5) is 16.3. The zero-order valence-electron chi connectivity index (χ0n) is 14.5. The number of carboxylic acids is 1. The number of hydrogen-bond donors (Lipinski definition) is 1. The first-order chi connectivity index (χ1) is 13.6. The van der Waals surface area contributed by atoms with Crippen molar-refractivity contribution in [3.63, 3.8) is 0 Å². The van der Waals surface area contributed by atoms with Gasteiger partial charge in [-0.15, -0.1) is 23.1 Å². The van der Waals surface area contributed by atoms with Crippen molar-refractivity contribution in [1.29, 1.82) is 0 Å². The zero-order valence-corrected chi connectivity index (χ0v) is 16.1. The van der Waals surface area contributed by atoms with E-state index in [4.69, 9.17) is 9.52 Å². The van der Waals surface area contributed by atoms with Crippen molar-refractivity contribution < 1.29 is 18.7 Å². The molecule has 0 radical (unpaired) electrons. The van der Waals surface area contributed by atoms with E-state index in [1.165, 1.54) is 29.2 Å². The Morgan fingerprint density at radius 2 is 1.93 bits per heavy atom. The first-order valence-corrected chi connectivity index (χ1v) is 10.2. The van der Waals surface area contributed by atoms with Crippen LogP contribution in [-0.2, 0) is 4.79 Å². The van der Waals surface area contributed by atoms with Gasteiger partial charge in [0.1, 0.15) is 22.3 Å². The maximum Gasteiger partial charge on any atom is 0.313 e. The average Bonchev–Trinajstić information content (AvgIpc) is 3.32. The van der Waals surface area contributed by atoms with E-state index in [1.54, 1.807) is 36.4 Å². The van der Waals surface area contributed by atoms with Gasteiger partial charge in [0.15, 0.2) is 0 Å². The zero-order chi connectivity index (χ0) is 19.5. The number of para-hydroxylation sites is 1. The number of carbonyl (C=O) groups is 1. The Morgan fingerprint density at radius 3 is 2.71 bits per heavy atom. The minimum Gasteiger partial charge on any atom is -0.481 e. The van der Waals surface area contributed by atoms with Gasteiger partial charge in [-0.05, 0) is 42.5 Å². The van der Waals surface area contributed by atoms with Crippen molar-refractivity contribution in [3.05, 3.63) is 77.2 Å². The number of hydrogen-bond acceptors (Lipinski definition) is 5. The van der Waals surface area contributed by atoms with Gasteiger partial charge in [0.05, 0.1) is 21.5 Å². The smallest absolute Gasteiger partial charge is 0.313 e. The van der Waals surface area contributed by atoms with Crippen molar-refractivity contribution in [2.24, 2.45) is 0 Å². The molecule has 0 aliphatic heterocycles. The van der Waals surface area contributed by atoms with Gasteiger partial charge in [-0.1, -0.05) is 24.3 Å². The molecule has 0 saturated heterocycles. The fourth-order valence-electron chi connectivity index (χ4n) is 2.65. The number of nitrogens with zero attached hydrogens (tertiary/aromatic N) is 1. The van der Waals surface area contributed by atoms with Crippen LogP contribution in [0, 0.1) is 5.82 Å². The molecule has 4 rings (SSSR count). The average molecular weight is 411 g/mol. The first kappa shape index (κ1) is 18.5. The van der Waals surface area contributed by atoms with Crippen molar-refractivity contribution >= 4 is 50.3 Å². The largest absolute Gasteiger partial charge is 0.481 e. The molecule has 0 unspecified atom stereocenters. The summed E-state index contributed by atoms with van der Waals surface area (Å²) in [6.45, 7) is 0. The number of carboxylic acid groups (broad SMARTS) is 1. The van der Waals surface area contributed by atoms with Gasteiger partial charge < -0.3 is 9.52 Å². The minimum absolute atomic E-state index is 0.0946. The monoisotopic (exact) mass is 411 g/mol. The number of rotatable bonds is 6. The molecule has 1 N–H and O–H groups in total. The Hall–Kier alpha value is -2.90. The summed E-state index contributed by atoms with van der Waals surface area (Å²) in [6, 6.07) is 17.5. The predicted octanol–water partition coefficient (Wildman–Crippen LogP) is 6.01. The molecule has 0 atom stereocenters. The third-order valence-corrected chi connectivity index (χ3v) is 6.11. The van der Waals surface area contributed by atoms with Crippen LogP contribution in [0.1, 0.15) is 10.8 Å². The Kier molecular flexibility index (Phi) is 5.27. The number of halogens is 1. The molecule has 0 bridgehead atoms. The lowest BCUT2D eigenvalue weighted by Gasteiger charge is -2.01. The lowest BCUT2D eigenvalue weighted by molar-refractivity contribution is -0.133. The minimum atomic E-state index is -0.913. The van der Waals surface area contributed by atoms with E-state index >= 15 is 0 Å². The summed E-state index contributed by atoms with van der Waals surface area (Å²) < 4.78 is 20.8. The number of aliphatic carboxylic acids is 1. The first-order valence-electron chi connectivity index (χ1n) is 8.37. The molecule has 140 valence electrons. The van der Waals surface area contributed by atoms with E-state index in [-0.39, 0.29) is 11.6 Å². The van der Waals surface area contributed by atoms with Gasteiger partial charge in [-0.2, -0.15) is 0 Å². The van der Waals surface area contributed by atoms with E-state index < -0.39 is 5.97 Å². The van der Waals surface area contributed by atoms with Gasteiger partial charge in [0.25, 0.3) is 0 Å². The van der Waals surface area contributed by atoms with E-state index in [1.807, 2.05) is 24.3 Å². The maximum atomic E-state index is 14.0. The van der Waals surface area contributed by atoms with Crippen LogP contribution in [0.4, 0.5) is 4.39 Å². The molecular formula is C21H14FNO3S2. The highest BCUT2D eigenvalue weighted by Gasteiger charge is 2.14. The number of benzene rings is 2. The molecule has 0 aliphatic carbocycles. The van der Waals surface area contributed by atoms with Crippen molar-refractivity contribution in [3.8, 4) is 11.3 Å². The van der Waals surface area contributed by atoms with Gasteiger partial charge >= 0.3 is 5.97 Å². The van der Waals surface area contributed by atoms with Crippen LogP contribution in [0.25, 0.3) is 32.5 Å². The van der Waals surface area contributed by atoms with Gasteiger partial charge in [0.2, 0.25) is 0 Å². The van der Waals surface area contributed by atoms with Crippen LogP contribution < -0.4 is 0 Å². The molecule has 2 aromatic carbocycles. The highest BCUT2D eigenvalue weighted by atomic mass is 32.2. The third kappa shape index (κ3) is 4.00. The number of thiazole rings is 1.